The van der Waals surface area contributed by atoms with Crippen molar-refractivity contribution >= 4 is 11.8 Å². The number of carbonyl (C=O) groups excluding carboxylic acids is 2. The molecule has 1 aliphatic rings. The third kappa shape index (κ3) is 5.00. The van der Waals surface area contributed by atoms with Crippen molar-refractivity contribution in [3.05, 3.63) is 66.2 Å². The topological polar surface area (TPSA) is 93.0 Å². The minimum atomic E-state index is -0.480. The molecule has 34 heavy (non-hydrogen) atoms. The number of nitrogens with zero attached hydrogens (tertiary/aromatic N) is 5. The van der Waals surface area contributed by atoms with Crippen LogP contribution in [-0.2, 0) is 9.59 Å². The molecule has 4 rings (SSSR count). The lowest BCUT2D eigenvalue weighted by molar-refractivity contribution is -0.142. The summed E-state index contributed by atoms with van der Waals surface area (Å²) < 4.78 is 1.63. The molecule has 1 N–H and O–H groups in total. The normalized spacial score (nSPS) is 17.6. The number of hydrogen-bond acceptors (Lipinski definition) is 5. The number of hydrogen-bond donors (Lipinski definition) is 1. The van der Waals surface area contributed by atoms with Gasteiger partial charge in [0.25, 0.3) is 0 Å². The van der Waals surface area contributed by atoms with Gasteiger partial charge < -0.3 is 10.2 Å². The average molecular weight is 461 g/mol. The van der Waals surface area contributed by atoms with Gasteiger partial charge in [0.15, 0.2) is 0 Å². The third-order valence-corrected chi connectivity index (χ3v) is 6.40. The second kappa shape index (κ2) is 10.2. The molecule has 8 nitrogen and oxygen atoms in total. The highest BCUT2D eigenvalue weighted by Gasteiger charge is 2.39. The summed E-state index contributed by atoms with van der Waals surface area (Å²) in [7, 11) is 0. The first-order valence-corrected chi connectivity index (χ1v) is 11.8. The Morgan fingerprint density at radius 1 is 1.09 bits per heavy atom. The van der Waals surface area contributed by atoms with E-state index in [2.05, 4.69) is 20.6 Å². The van der Waals surface area contributed by atoms with Crippen molar-refractivity contribution in [2.24, 2.45) is 5.92 Å². The van der Waals surface area contributed by atoms with Crippen molar-refractivity contribution < 1.29 is 9.59 Å². The molecular weight excluding hydrogens is 428 g/mol. The molecule has 0 bridgehead atoms. The van der Waals surface area contributed by atoms with Gasteiger partial charge in [0, 0.05) is 25.1 Å². The number of carbonyl (C=O) groups is 2. The third-order valence-electron chi connectivity index (χ3n) is 6.40. The lowest BCUT2D eigenvalue weighted by atomic mass is 10.0. The molecule has 0 aliphatic carbocycles. The van der Waals surface area contributed by atoms with Crippen LogP contribution in [0, 0.1) is 12.8 Å². The van der Waals surface area contributed by atoms with Gasteiger partial charge >= 0.3 is 0 Å². The summed E-state index contributed by atoms with van der Waals surface area (Å²) >= 11 is 0. The number of benzene rings is 1. The van der Waals surface area contributed by atoms with E-state index in [1.165, 1.54) is 0 Å². The molecule has 8 heteroatoms. The zero-order valence-electron chi connectivity index (χ0n) is 20.2. The fourth-order valence-corrected chi connectivity index (χ4v) is 4.57. The predicted octanol–water partition coefficient (Wildman–Crippen LogP) is 3.71. The highest BCUT2D eigenvalue weighted by Crippen LogP contribution is 2.27. The van der Waals surface area contributed by atoms with E-state index < -0.39 is 12.1 Å². The summed E-state index contributed by atoms with van der Waals surface area (Å²) in [5, 5.41) is 11.3. The van der Waals surface area contributed by atoms with Crippen molar-refractivity contribution in [1.29, 1.82) is 0 Å². The number of pyridine rings is 1. The number of likely N-dealkylation sites (tertiary alicyclic amines) is 1. The Balaban J connectivity index is 1.44. The lowest BCUT2D eigenvalue weighted by Gasteiger charge is -2.30. The summed E-state index contributed by atoms with van der Waals surface area (Å²) in [6, 6.07) is 10.9. The second-order valence-electron chi connectivity index (χ2n) is 9.31. The maximum absolute atomic E-state index is 13.5. The van der Waals surface area contributed by atoms with Crippen LogP contribution in [0.15, 0.2) is 55.0 Å². The predicted molar refractivity (Wildman–Crippen MR) is 130 cm³/mol. The first-order chi connectivity index (χ1) is 16.3. The SMILES string of the molecule is Cc1cn([C@H](C(=O)N2CCC[C@H]2C(=O)N[C@@H](C)c2ccc(-c3cccnc3)cc2)C(C)C)nn1. The van der Waals surface area contributed by atoms with Gasteiger partial charge in [-0.3, -0.25) is 14.6 Å². The zero-order chi connectivity index (χ0) is 24.2. The standard InChI is InChI=1S/C26H32N6O2/c1-17(2)24(32-16-18(3)29-30-32)26(34)31-14-6-8-23(31)25(33)28-19(4)20-9-11-21(12-10-20)22-7-5-13-27-15-22/h5,7,9-13,15-17,19,23-24H,6,8,14H2,1-4H3,(H,28,33)/t19-,23-,24-/m0/s1. The molecule has 3 heterocycles. The molecule has 2 aromatic heterocycles. The molecule has 3 aromatic rings. The van der Waals surface area contributed by atoms with Gasteiger partial charge in [-0.05, 0) is 55.4 Å². The van der Waals surface area contributed by atoms with E-state index in [0.29, 0.717) is 13.0 Å². The van der Waals surface area contributed by atoms with Crippen molar-refractivity contribution in [3.8, 4) is 11.1 Å². The van der Waals surface area contributed by atoms with E-state index in [9.17, 15) is 9.59 Å². The second-order valence-corrected chi connectivity index (χ2v) is 9.31. The van der Waals surface area contributed by atoms with Crippen molar-refractivity contribution in [3.63, 3.8) is 0 Å². The van der Waals surface area contributed by atoms with Crippen LogP contribution in [0.2, 0.25) is 0 Å². The molecule has 0 radical (unpaired) electrons. The smallest absolute Gasteiger partial charge is 0.248 e. The van der Waals surface area contributed by atoms with E-state index in [1.54, 1.807) is 22.0 Å². The number of aryl methyl sites for hydroxylation is 1. The number of amides is 2. The van der Waals surface area contributed by atoms with Gasteiger partial charge in [0.1, 0.15) is 12.1 Å². The van der Waals surface area contributed by atoms with Crippen LogP contribution in [0.25, 0.3) is 11.1 Å². The summed E-state index contributed by atoms with van der Waals surface area (Å²) in [4.78, 5) is 32.6. The molecular formula is C26H32N6O2. The Morgan fingerprint density at radius 2 is 1.85 bits per heavy atom. The van der Waals surface area contributed by atoms with Crippen LogP contribution in [0.4, 0.5) is 0 Å². The van der Waals surface area contributed by atoms with E-state index in [4.69, 9.17) is 0 Å². The molecule has 0 spiro atoms. The van der Waals surface area contributed by atoms with E-state index in [1.807, 2.05) is 70.3 Å². The first kappa shape index (κ1) is 23.6. The minimum absolute atomic E-state index is 0.0233. The lowest BCUT2D eigenvalue weighted by Crippen LogP contribution is -2.49. The Hall–Kier alpha value is -3.55. The number of aromatic nitrogens is 4. The Morgan fingerprint density at radius 3 is 2.47 bits per heavy atom. The molecule has 0 saturated carbocycles. The summed E-state index contributed by atoms with van der Waals surface area (Å²) in [6.45, 7) is 8.36. The van der Waals surface area contributed by atoms with Gasteiger partial charge in [-0.1, -0.05) is 49.4 Å². The van der Waals surface area contributed by atoms with Crippen LogP contribution >= 0.6 is 0 Å². The minimum Gasteiger partial charge on any atom is -0.348 e. The van der Waals surface area contributed by atoms with Crippen LogP contribution < -0.4 is 5.32 Å². The fraction of sp³-hybridized carbons (Fsp3) is 0.423. The van der Waals surface area contributed by atoms with Crippen LogP contribution in [0.1, 0.15) is 57.0 Å². The maximum atomic E-state index is 13.5. The molecule has 1 fully saturated rings. The average Bonchev–Trinajstić information content (AvgIpc) is 3.49. The van der Waals surface area contributed by atoms with E-state index in [-0.39, 0.29) is 23.8 Å². The fourth-order valence-electron chi connectivity index (χ4n) is 4.57. The summed E-state index contributed by atoms with van der Waals surface area (Å²) in [5.74, 6) is -0.173. The largest absolute Gasteiger partial charge is 0.348 e. The van der Waals surface area contributed by atoms with Crippen LogP contribution in [-0.4, -0.2) is 49.3 Å². The molecule has 1 saturated heterocycles. The van der Waals surface area contributed by atoms with Crippen molar-refractivity contribution in [2.75, 3.05) is 6.54 Å². The molecule has 178 valence electrons. The number of nitrogens with one attached hydrogen (secondary N) is 1. The monoisotopic (exact) mass is 460 g/mol. The summed E-state index contributed by atoms with van der Waals surface area (Å²) in [5.41, 5.74) is 3.90. The molecule has 1 aromatic carbocycles. The van der Waals surface area contributed by atoms with Crippen molar-refractivity contribution in [2.45, 2.75) is 58.7 Å². The summed E-state index contributed by atoms with van der Waals surface area (Å²) in [6.07, 6.45) is 6.83. The van der Waals surface area contributed by atoms with Crippen LogP contribution in [0.3, 0.4) is 0 Å². The highest BCUT2D eigenvalue weighted by molar-refractivity contribution is 5.90. The molecule has 3 atom stereocenters. The Bertz CT molecular complexity index is 1130. The van der Waals surface area contributed by atoms with Gasteiger partial charge in [0.05, 0.1) is 11.7 Å². The zero-order valence-corrected chi connectivity index (χ0v) is 20.2. The number of rotatable bonds is 7. The quantitative estimate of drug-likeness (QED) is 0.580. The van der Waals surface area contributed by atoms with Gasteiger partial charge in [0.2, 0.25) is 11.8 Å². The van der Waals surface area contributed by atoms with E-state index in [0.717, 1.165) is 28.8 Å². The van der Waals surface area contributed by atoms with Gasteiger partial charge in [-0.2, -0.15) is 0 Å². The van der Waals surface area contributed by atoms with Gasteiger partial charge in [-0.15, -0.1) is 5.10 Å². The van der Waals surface area contributed by atoms with Crippen molar-refractivity contribution in [1.82, 2.24) is 30.2 Å². The molecule has 2 amide bonds. The van der Waals surface area contributed by atoms with E-state index >= 15 is 0 Å². The molecule has 0 unspecified atom stereocenters. The Kier molecular flexibility index (Phi) is 7.05. The highest BCUT2D eigenvalue weighted by atomic mass is 16.2. The van der Waals surface area contributed by atoms with Crippen LogP contribution in [0.5, 0.6) is 0 Å². The first-order valence-electron chi connectivity index (χ1n) is 11.8. The molecule has 1 aliphatic heterocycles. The van der Waals surface area contributed by atoms with Gasteiger partial charge in [-0.25, -0.2) is 4.68 Å². The maximum Gasteiger partial charge on any atom is 0.248 e. The Labute approximate surface area is 200 Å².